The van der Waals surface area contributed by atoms with E-state index in [1.807, 2.05) is 17.0 Å². The first-order valence-corrected chi connectivity index (χ1v) is 10.5. The van der Waals surface area contributed by atoms with Crippen LogP contribution in [0.3, 0.4) is 0 Å². The normalized spacial score (nSPS) is 23.5. The van der Waals surface area contributed by atoms with Crippen molar-refractivity contribution < 1.29 is 23.1 Å². The van der Waals surface area contributed by atoms with Crippen LogP contribution in [-0.4, -0.2) is 54.9 Å². The third-order valence-electron chi connectivity index (χ3n) is 5.23. The molecule has 0 radical (unpaired) electrons. The summed E-state index contributed by atoms with van der Waals surface area (Å²) >= 11 is 0. The van der Waals surface area contributed by atoms with E-state index < -0.39 is 15.8 Å². The van der Waals surface area contributed by atoms with Crippen molar-refractivity contribution >= 4 is 21.7 Å². The average Bonchev–Trinajstić information content (AvgIpc) is 3.03. The van der Waals surface area contributed by atoms with Crippen LogP contribution in [0.4, 0.5) is 0 Å². The molecule has 0 bridgehead atoms. The molecule has 1 atom stereocenters. The summed E-state index contributed by atoms with van der Waals surface area (Å²) in [5.41, 5.74) is 1.35. The van der Waals surface area contributed by atoms with E-state index in [1.165, 1.54) is 0 Å². The third-order valence-corrected chi connectivity index (χ3v) is 6.94. The molecule has 2 saturated heterocycles. The maximum absolute atomic E-state index is 12.6. The van der Waals surface area contributed by atoms with Gasteiger partial charge in [-0.05, 0) is 49.3 Å². The van der Waals surface area contributed by atoms with Crippen molar-refractivity contribution in [2.75, 3.05) is 24.6 Å². The highest BCUT2D eigenvalue weighted by atomic mass is 32.2. The lowest BCUT2D eigenvalue weighted by atomic mass is 9.97. The zero-order chi connectivity index (χ0) is 18.0. The van der Waals surface area contributed by atoms with Crippen LogP contribution in [0.1, 0.15) is 35.2 Å². The van der Waals surface area contributed by atoms with Crippen molar-refractivity contribution in [3.8, 4) is 0 Å². The minimum absolute atomic E-state index is 0.0959. The molecule has 25 heavy (non-hydrogen) atoms. The molecular weight excluding hydrogens is 342 g/mol. The van der Waals surface area contributed by atoms with Gasteiger partial charge in [-0.25, -0.2) is 13.2 Å². The summed E-state index contributed by atoms with van der Waals surface area (Å²) in [7, 11) is -2.95. The van der Waals surface area contributed by atoms with Gasteiger partial charge in [-0.3, -0.25) is 4.79 Å². The Bertz CT molecular complexity index is 742. The maximum Gasteiger partial charge on any atom is 0.335 e. The lowest BCUT2D eigenvalue weighted by molar-refractivity contribution is -0.134. The van der Waals surface area contributed by atoms with E-state index in [2.05, 4.69) is 0 Å². The minimum atomic E-state index is -2.95. The van der Waals surface area contributed by atoms with Gasteiger partial charge in [0.2, 0.25) is 5.91 Å². The largest absolute Gasteiger partial charge is 0.478 e. The summed E-state index contributed by atoms with van der Waals surface area (Å²) in [4.78, 5) is 25.4. The molecule has 1 aromatic carbocycles. The smallest absolute Gasteiger partial charge is 0.335 e. The Hall–Kier alpha value is -1.89. The lowest BCUT2D eigenvalue weighted by Gasteiger charge is -2.26. The van der Waals surface area contributed by atoms with E-state index in [1.54, 1.807) is 12.1 Å². The molecule has 6 nitrogen and oxygen atoms in total. The number of aromatic carboxylic acids is 1. The first-order chi connectivity index (χ1) is 11.8. The third kappa shape index (κ3) is 4.39. The Morgan fingerprint density at radius 1 is 1.08 bits per heavy atom. The van der Waals surface area contributed by atoms with Gasteiger partial charge in [-0.15, -0.1) is 0 Å². The van der Waals surface area contributed by atoms with Crippen molar-refractivity contribution in [2.45, 2.75) is 25.7 Å². The summed E-state index contributed by atoms with van der Waals surface area (Å²) in [5, 5.41) is 8.93. The van der Waals surface area contributed by atoms with Crippen LogP contribution in [-0.2, 0) is 21.1 Å². The zero-order valence-electron chi connectivity index (χ0n) is 14.1. The second kappa shape index (κ2) is 7.15. The number of carboxylic acid groups (broad SMARTS) is 1. The predicted molar refractivity (Wildman–Crippen MR) is 93.2 cm³/mol. The van der Waals surface area contributed by atoms with E-state index in [4.69, 9.17) is 5.11 Å². The molecule has 0 spiro atoms. The highest BCUT2D eigenvalue weighted by Gasteiger charge is 2.34. The van der Waals surface area contributed by atoms with Gasteiger partial charge in [0.25, 0.3) is 0 Å². The average molecular weight is 365 g/mol. The number of amides is 1. The lowest BCUT2D eigenvalue weighted by Crippen LogP contribution is -2.38. The second-order valence-electron chi connectivity index (χ2n) is 7.07. The van der Waals surface area contributed by atoms with Crippen LogP contribution in [0.25, 0.3) is 0 Å². The fourth-order valence-electron chi connectivity index (χ4n) is 3.71. The topological polar surface area (TPSA) is 91.8 Å². The molecule has 2 aliphatic heterocycles. The molecule has 0 saturated carbocycles. The van der Waals surface area contributed by atoms with Gasteiger partial charge in [-0.2, -0.15) is 0 Å². The Morgan fingerprint density at radius 2 is 1.72 bits per heavy atom. The Balaban J connectivity index is 1.53. The molecule has 0 aliphatic carbocycles. The molecule has 2 fully saturated rings. The number of hydrogen-bond donors (Lipinski definition) is 1. The first kappa shape index (κ1) is 17.9. The highest BCUT2D eigenvalue weighted by Crippen LogP contribution is 2.26. The van der Waals surface area contributed by atoms with E-state index in [0.29, 0.717) is 25.3 Å². The molecule has 136 valence electrons. The van der Waals surface area contributed by atoms with Crippen LogP contribution >= 0.6 is 0 Å². The molecule has 2 aliphatic rings. The predicted octanol–water partition coefficient (Wildman–Crippen LogP) is 1.60. The van der Waals surface area contributed by atoms with Crippen LogP contribution in [0.2, 0.25) is 0 Å². The minimum Gasteiger partial charge on any atom is -0.478 e. The van der Waals surface area contributed by atoms with Gasteiger partial charge in [0.15, 0.2) is 0 Å². The van der Waals surface area contributed by atoms with E-state index >= 15 is 0 Å². The first-order valence-electron chi connectivity index (χ1n) is 8.65. The van der Waals surface area contributed by atoms with Crippen molar-refractivity contribution in [1.29, 1.82) is 0 Å². The van der Waals surface area contributed by atoms with Crippen molar-refractivity contribution in [3.05, 3.63) is 35.4 Å². The monoisotopic (exact) mass is 365 g/mol. The van der Waals surface area contributed by atoms with Gasteiger partial charge < -0.3 is 10.0 Å². The van der Waals surface area contributed by atoms with Gasteiger partial charge in [0, 0.05) is 19.0 Å². The highest BCUT2D eigenvalue weighted by molar-refractivity contribution is 7.91. The summed E-state index contributed by atoms with van der Waals surface area (Å²) < 4.78 is 23.0. The molecule has 1 N–H and O–H groups in total. The number of rotatable bonds is 4. The Morgan fingerprint density at radius 3 is 2.32 bits per heavy atom. The summed E-state index contributed by atoms with van der Waals surface area (Å²) in [6, 6.07) is 6.88. The molecule has 2 heterocycles. The Labute approximate surface area is 147 Å². The molecule has 7 heteroatoms. The number of sulfone groups is 1. The van der Waals surface area contributed by atoms with Crippen LogP contribution in [0.15, 0.2) is 24.3 Å². The van der Waals surface area contributed by atoms with E-state index in [-0.39, 0.29) is 28.9 Å². The van der Waals surface area contributed by atoms with Crippen LogP contribution < -0.4 is 0 Å². The molecular formula is C18H23NO5S. The standard InChI is InChI=1S/C18H23NO5S/c20-17(15-6-9-25(23,24)10-7-15)19-8-5-14(12-19)11-13-1-3-16(4-2-13)18(21)22/h1-4,14-15H,5-12H2,(H,21,22). The fraction of sp³-hybridized carbons (Fsp3) is 0.556. The number of carbonyl (C=O) groups is 2. The quantitative estimate of drug-likeness (QED) is 0.875. The molecule has 1 aromatic rings. The van der Waals surface area contributed by atoms with Crippen LogP contribution in [0, 0.1) is 11.8 Å². The molecule has 0 aromatic heterocycles. The SMILES string of the molecule is O=C(O)c1ccc(CC2CCN(C(=O)C3CCS(=O)(=O)CC3)C2)cc1. The summed E-state index contributed by atoms with van der Waals surface area (Å²) in [6.45, 7) is 1.42. The number of nitrogens with zero attached hydrogens (tertiary/aromatic N) is 1. The number of carbonyl (C=O) groups excluding carboxylic acids is 1. The van der Waals surface area contributed by atoms with Crippen molar-refractivity contribution in [1.82, 2.24) is 4.90 Å². The van der Waals surface area contributed by atoms with Gasteiger partial charge in [-0.1, -0.05) is 12.1 Å². The fourth-order valence-corrected chi connectivity index (χ4v) is 5.20. The summed E-state index contributed by atoms with van der Waals surface area (Å²) in [6.07, 6.45) is 2.64. The van der Waals surface area contributed by atoms with E-state index in [0.717, 1.165) is 24.9 Å². The molecule has 3 rings (SSSR count). The Kier molecular flexibility index (Phi) is 5.13. The van der Waals surface area contributed by atoms with E-state index in [9.17, 15) is 18.0 Å². The second-order valence-corrected chi connectivity index (χ2v) is 9.37. The van der Waals surface area contributed by atoms with Crippen molar-refractivity contribution in [3.63, 3.8) is 0 Å². The van der Waals surface area contributed by atoms with Gasteiger partial charge >= 0.3 is 5.97 Å². The number of hydrogen-bond acceptors (Lipinski definition) is 4. The number of benzene rings is 1. The number of likely N-dealkylation sites (tertiary alicyclic amines) is 1. The number of carboxylic acids is 1. The van der Waals surface area contributed by atoms with Crippen LogP contribution in [0.5, 0.6) is 0 Å². The van der Waals surface area contributed by atoms with Crippen molar-refractivity contribution in [2.24, 2.45) is 11.8 Å². The summed E-state index contributed by atoms with van der Waals surface area (Å²) in [5.74, 6) is -0.380. The molecule has 1 amide bonds. The maximum atomic E-state index is 12.6. The van der Waals surface area contributed by atoms with Gasteiger partial charge in [0.05, 0.1) is 17.1 Å². The molecule has 1 unspecified atom stereocenters. The van der Waals surface area contributed by atoms with Gasteiger partial charge in [0.1, 0.15) is 9.84 Å². The zero-order valence-corrected chi connectivity index (χ0v) is 14.9.